The number of nitrogens with zero attached hydrogens (tertiary/aromatic N) is 1. The molecule has 2 rings (SSSR count). The number of ether oxygens (including phenoxy) is 2. The molecular weight excluding hydrogens is 424 g/mol. The smallest absolute Gasteiger partial charge is 0.297 e. The minimum Gasteiger partial charge on any atom is -0.492 e. The first-order valence-corrected chi connectivity index (χ1v) is 12.7. The van der Waals surface area contributed by atoms with Gasteiger partial charge in [0.15, 0.2) is 5.75 Å². The van der Waals surface area contributed by atoms with Crippen molar-refractivity contribution < 1.29 is 9.47 Å². The number of methoxy groups -OCH3 is 1. The second-order valence-electron chi connectivity index (χ2n) is 9.33. The van der Waals surface area contributed by atoms with Crippen LogP contribution in [0.5, 0.6) is 11.5 Å². The first-order valence-electron chi connectivity index (χ1n) is 12.7. The van der Waals surface area contributed by atoms with Crippen LogP contribution in [0.4, 0.5) is 5.69 Å². The highest BCUT2D eigenvalue weighted by Gasteiger charge is 2.17. The number of hydrogen-bond donors (Lipinski definition) is 1. The topological polar surface area (TPSA) is 52.5 Å². The Morgan fingerprint density at radius 2 is 1.76 bits per heavy atom. The van der Waals surface area contributed by atoms with Gasteiger partial charge in [0.05, 0.1) is 12.6 Å². The molecule has 0 aliphatic rings. The van der Waals surface area contributed by atoms with E-state index in [9.17, 15) is 4.79 Å². The van der Waals surface area contributed by atoms with Crippen LogP contribution in [-0.4, -0.2) is 24.8 Å². The Balaban J connectivity index is 2.10. The van der Waals surface area contributed by atoms with Crippen LogP contribution in [0.25, 0.3) is 10.9 Å². The van der Waals surface area contributed by atoms with E-state index < -0.39 is 0 Å². The molecule has 1 N–H and O–H groups in total. The van der Waals surface area contributed by atoms with Crippen LogP contribution >= 0.6 is 0 Å². The van der Waals surface area contributed by atoms with E-state index in [1.807, 2.05) is 24.3 Å². The van der Waals surface area contributed by atoms with Crippen LogP contribution in [0.3, 0.4) is 0 Å². The summed E-state index contributed by atoms with van der Waals surface area (Å²) in [5.41, 5.74) is 4.23. The molecule has 0 fully saturated rings. The maximum absolute atomic E-state index is 13.1. The molecule has 0 atom stereocenters. The van der Waals surface area contributed by atoms with Crippen molar-refractivity contribution >= 4 is 16.6 Å². The first-order chi connectivity index (χ1) is 16.4. The van der Waals surface area contributed by atoms with Crippen molar-refractivity contribution in [2.75, 3.05) is 25.6 Å². The monoisotopic (exact) mass is 468 g/mol. The summed E-state index contributed by atoms with van der Waals surface area (Å²) in [6.07, 6.45) is 13.9. The molecule has 0 saturated carbocycles. The number of allylic oxidation sites excluding steroid dienone is 3. The fourth-order valence-electron chi connectivity index (χ4n) is 4.02. The molecular formula is C29H44N2O3. The molecule has 0 amide bonds. The third-order valence-electron chi connectivity index (χ3n) is 6.12. The second kappa shape index (κ2) is 14.5. The van der Waals surface area contributed by atoms with Crippen molar-refractivity contribution in [3.05, 3.63) is 51.9 Å². The summed E-state index contributed by atoms with van der Waals surface area (Å²) in [5.74, 6) is 0.759. The molecule has 1 aromatic carbocycles. The highest BCUT2D eigenvalue weighted by atomic mass is 16.5. The summed E-state index contributed by atoms with van der Waals surface area (Å²) in [6, 6.07) is 6.07. The SMILES string of the molecule is CCCCCCCCNc1ccc2c(OC)c(OCC=C(C)CCC=C(C)C)c(=O)n(C)c2c1. The summed E-state index contributed by atoms with van der Waals surface area (Å²) < 4.78 is 13.2. The minimum atomic E-state index is -0.187. The highest BCUT2D eigenvalue weighted by Crippen LogP contribution is 2.33. The highest BCUT2D eigenvalue weighted by molar-refractivity contribution is 5.90. The first kappa shape index (κ1) is 27.6. The van der Waals surface area contributed by atoms with E-state index in [0.717, 1.165) is 42.4 Å². The van der Waals surface area contributed by atoms with Gasteiger partial charge < -0.3 is 19.4 Å². The van der Waals surface area contributed by atoms with Crippen molar-refractivity contribution in [2.45, 2.75) is 79.1 Å². The number of hydrogen-bond acceptors (Lipinski definition) is 4. The van der Waals surface area contributed by atoms with E-state index in [2.05, 4.69) is 39.1 Å². The number of fused-ring (bicyclic) bond motifs is 1. The summed E-state index contributed by atoms with van der Waals surface area (Å²) in [6.45, 7) is 9.83. The summed E-state index contributed by atoms with van der Waals surface area (Å²) >= 11 is 0. The molecule has 0 spiro atoms. The van der Waals surface area contributed by atoms with Gasteiger partial charge in [0.2, 0.25) is 5.75 Å². The number of benzene rings is 1. The number of aromatic nitrogens is 1. The number of nitrogens with one attached hydrogen (secondary N) is 1. The third-order valence-corrected chi connectivity index (χ3v) is 6.12. The predicted molar refractivity (Wildman–Crippen MR) is 146 cm³/mol. The van der Waals surface area contributed by atoms with Gasteiger partial charge in [-0.15, -0.1) is 0 Å². The molecule has 188 valence electrons. The van der Waals surface area contributed by atoms with Gasteiger partial charge in [0, 0.05) is 24.7 Å². The molecule has 0 aliphatic carbocycles. The average Bonchev–Trinajstić information content (AvgIpc) is 2.81. The zero-order chi connectivity index (χ0) is 24.9. The molecule has 0 saturated heterocycles. The van der Waals surface area contributed by atoms with Crippen molar-refractivity contribution in [3.63, 3.8) is 0 Å². The van der Waals surface area contributed by atoms with Crippen LogP contribution in [-0.2, 0) is 7.05 Å². The van der Waals surface area contributed by atoms with E-state index in [-0.39, 0.29) is 11.3 Å². The molecule has 5 heteroatoms. The van der Waals surface area contributed by atoms with Crippen LogP contribution in [0.15, 0.2) is 46.3 Å². The Kier molecular flexibility index (Phi) is 11.8. The molecule has 0 unspecified atom stereocenters. The van der Waals surface area contributed by atoms with Crippen molar-refractivity contribution in [3.8, 4) is 11.5 Å². The molecule has 0 radical (unpaired) electrons. The summed E-state index contributed by atoms with van der Waals surface area (Å²) in [5, 5.41) is 4.37. The average molecular weight is 469 g/mol. The fourth-order valence-corrected chi connectivity index (χ4v) is 4.02. The fraction of sp³-hybridized carbons (Fsp3) is 0.552. The van der Waals surface area contributed by atoms with Crippen LogP contribution in [0.1, 0.15) is 79.1 Å². The lowest BCUT2D eigenvalue weighted by atomic mass is 10.1. The molecule has 2 aromatic rings. The molecule has 34 heavy (non-hydrogen) atoms. The van der Waals surface area contributed by atoms with Crippen LogP contribution < -0.4 is 20.3 Å². The van der Waals surface area contributed by atoms with Crippen molar-refractivity contribution in [2.24, 2.45) is 7.05 Å². The van der Waals surface area contributed by atoms with Gasteiger partial charge in [-0.25, -0.2) is 0 Å². The van der Waals surface area contributed by atoms with Gasteiger partial charge in [0.25, 0.3) is 5.56 Å². The van der Waals surface area contributed by atoms with E-state index in [4.69, 9.17) is 9.47 Å². The maximum atomic E-state index is 13.1. The van der Waals surface area contributed by atoms with Crippen molar-refractivity contribution in [1.82, 2.24) is 4.57 Å². The Hall–Kier alpha value is -2.69. The minimum absolute atomic E-state index is 0.187. The van der Waals surface area contributed by atoms with Crippen LogP contribution in [0, 0.1) is 0 Å². The molecule has 1 aromatic heterocycles. The predicted octanol–water partition coefficient (Wildman–Crippen LogP) is 7.39. The Morgan fingerprint density at radius 1 is 1.03 bits per heavy atom. The van der Waals surface area contributed by atoms with Gasteiger partial charge >= 0.3 is 0 Å². The third kappa shape index (κ3) is 8.27. The quantitative estimate of drug-likeness (QED) is 0.219. The second-order valence-corrected chi connectivity index (χ2v) is 9.33. The van der Waals surface area contributed by atoms with Gasteiger partial charge in [-0.2, -0.15) is 0 Å². The largest absolute Gasteiger partial charge is 0.492 e. The standard InChI is InChI=1S/C29H44N2O3/c1-7-8-9-10-11-12-19-30-24-16-17-25-26(21-24)31(5)29(32)28(27(25)33-6)34-20-18-23(4)15-13-14-22(2)3/h14,16-18,21,30H,7-13,15,19-20H2,1-6H3. The number of unbranched alkanes of at least 4 members (excludes halogenated alkanes) is 5. The molecule has 0 bridgehead atoms. The van der Waals surface area contributed by atoms with Gasteiger partial charge in [-0.05, 0) is 64.3 Å². The number of rotatable bonds is 15. The van der Waals surface area contributed by atoms with Gasteiger partial charge in [-0.1, -0.05) is 56.3 Å². The van der Waals surface area contributed by atoms with Crippen molar-refractivity contribution in [1.29, 1.82) is 0 Å². The number of aryl methyl sites for hydroxylation is 1. The maximum Gasteiger partial charge on any atom is 0.297 e. The molecule has 0 aliphatic heterocycles. The zero-order valence-corrected chi connectivity index (χ0v) is 22.1. The summed E-state index contributed by atoms with van der Waals surface area (Å²) in [7, 11) is 3.38. The van der Waals surface area contributed by atoms with Crippen LogP contribution in [0.2, 0.25) is 0 Å². The van der Waals surface area contributed by atoms with E-state index in [0.29, 0.717) is 12.4 Å². The van der Waals surface area contributed by atoms with E-state index in [1.165, 1.54) is 43.3 Å². The van der Waals surface area contributed by atoms with Gasteiger partial charge in [0.1, 0.15) is 6.61 Å². The number of anilines is 1. The lowest BCUT2D eigenvalue weighted by Gasteiger charge is -2.16. The summed E-state index contributed by atoms with van der Waals surface area (Å²) in [4.78, 5) is 13.1. The Labute approximate surface area is 205 Å². The van der Waals surface area contributed by atoms with E-state index >= 15 is 0 Å². The number of pyridine rings is 1. The lowest BCUT2D eigenvalue weighted by Crippen LogP contribution is -2.21. The van der Waals surface area contributed by atoms with E-state index in [1.54, 1.807) is 18.7 Å². The molecule has 1 heterocycles. The molecule has 5 nitrogen and oxygen atoms in total. The normalized spacial score (nSPS) is 11.5. The van der Waals surface area contributed by atoms with Gasteiger partial charge in [-0.3, -0.25) is 4.79 Å². The zero-order valence-electron chi connectivity index (χ0n) is 22.1. The lowest BCUT2D eigenvalue weighted by molar-refractivity contribution is 0.321. The Morgan fingerprint density at radius 3 is 2.47 bits per heavy atom. The Bertz CT molecular complexity index is 1030.